The topological polar surface area (TPSA) is 94.0 Å². The Morgan fingerprint density at radius 2 is 1.53 bits per heavy atom. The highest BCUT2D eigenvalue weighted by molar-refractivity contribution is 6.35. The summed E-state index contributed by atoms with van der Waals surface area (Å²) in [6.07, 6.45) is -10.2. The van der Waals surface area contributed by atoms with Crippen LogP contribution in [-0.4, -0.2) is 37.6 Å². The van der Waals surface area contributed by atoms with Crippen LogP contribution >= 0.6 is 11.6 Å². The number of rotatable bonds is 8. The molecular weight excluding hydrogens is 602 g/mol. The first kappa shape index (κ1) is 30.0. The minimum atomic E-state index is -5.04. The van der Waals surface area contributed by atoms with Crippen molar-refractivity contribution in [2.24, 2.45) is 0 Å². The molecule has 0 aliphatic carbocycles. The SMILES string of the molecule is O=C(c1ccccc1Cl)c1onc(CCO)c1-c1nnn(Cc2cc(C(F)(F)F)cc(C(F)(F)F)c2)c1-c1ccccc1. The molecule has 0 saturated heterocycles. The van der Waals surface area contributed by atoms with Gasteiger partial charge in [0.05, 0.1) is 39.6 Å². The summed E-state index contributed by atoms with van der Waals surface area (Å²) in [7, 11) is 0. The number of halogens is 7. The molecule has 0 saturated carbocycles. The summed E-state index contributed by atoms with van der Waals surface area (Å²) >= 11 is 6.23. The van der Waals surface area contributed by atoms with Crippen molar-refractivity contribution >= 4 is 17.4 Å². The lowest BCUT2D eigenvalue weighted by molar-refractivity contribution is -0.143. The van der Waals surface area contributed by atoms with Crippen LogP contribution in [0.1, 0.15) is 38.5 Å². The first-order valence-corrected chi connectivity index (χ1v) is 12.9. The predicted molar refractivity (Wildman–Crippen MR) is 142 cm³/mol. The van der Waals surface area contributed by atoms with E-state index >= 15 is 0 Å². The van der Waals surface area contributed by atoms with E-state index in [0.717, 1.165) is 4.68 Å². The summed E-state index contributed by atoms with van der Waals surface area (Å²) in [5.41, 5.74) is -2.45. The number of alkyl halides is 6. The van der Waals surface area contributed by atoms with E-state index in [1.54, 1.807) is 42.5 Å². The third kappa shape index (κ3) is 6.18. The van der Waals surface area contributed by atoms with Crippen molar-refractivity contribution in [2.45, 2.75) is 25.3 Å². The van der Waals surface area contributed by atoms with Gasteiger partial charge in [0.1, 0.15) is 5.69 Å². The molecule has 2 aromatic heterocycles. The number of nitrogens with zero attached hydrogens (tertiary/aromatic N) is 4. The lowest BCUT2D eigenvalue weighted by atomic mass is 9.98. The zero-order valence-electron chi connectivity index (χ0n) is 21.7. The van der Waals surface area contributed by atoms with Crippen LogP contribution in [0.5, 0.6) is 0 Å². The molecule has 3 aromatic carbocycles. The van der Waals surface area contributed by atoms with Crippen molar-refractivity contribution in [3.05, 3.63) is 112 Å². The van der Waals surface area contributed by atoms with Gasteiger partial charge in [0.15, 0.2) is 0 Å². The molecular formula is C29H19ClF6N4O3. The van der Waals surface area contributed by atoms with Crippen molar-refractivity contribution in [1.82, 2.24) is 20.2 Å². The maximum atomic E-state index is 13.5. The van der Waals surface area contributed by atoms with Crippen molar-refractivity contribution in [2.75, 3.05) is 6.61 Å². The Bertz CT molecular complexity index is 1750. The fraction of sp³-hybridized carbons (Fsp3) is 0.172. The van der Waals surface area contributed by atoms with Crippen LogP contribution in [-0.2, 0) is 25.3 Å². The number of hydrogen-bond donors (Lipinski definition) is 1. The van der Waals surface area contributed by atoms with E-state index in [4.69, 9.17) is 16.1 Å². The van der Waals surface area contributed by atoms with Gasteiger partial charge in [-0.2, -0.15) is 26.3 Å². The summed E-state index contributed by atoms with van der Waals surface area (Å²) in [4.78, 5) is 13.5. The van der Waals surface area contributed by atoms with E-state index in [1.165, 1.54) is 12.1 Å². The lowest BCUT2D eigenvalue weighted by Gasteiger charge is -2.15. The summed E-state index contributed by atoms with van der Waals surface area (Å²) in [5.74, 6) is -0.960. The Morgan fingerprint density at radius 3 is 2.14 bits per heavy atom. The molecule has 0 radical (unpaired) electrons. The van der Waals surface area contributed by atoms with Gasteiger partial charge in [-0.05, 0) is 35.9 Å². The van der Waals surface area contributed by atoms with Crippen LogP contribution in [0.15, 0.2) is 77.3 Å². The molecule has 14 heteroatoms. The summed E-state index contributed by atoms with van der Waals surface area (Å²) in [6, 6.07) is 15.7. The molecule has 0 amide bonds. The number of aliphatic hydroxyl groups excluding tert-OH is 1. The average molecular weight is 621 g/mol. The van der Waals surface area contributed by atoms with Crippen LogP contribution in [0, 0.1) is 0 Å². The van der Waals surface area contributed by atoms with Crippen molar-refractivity contribution in [3.8, 4) is 22.5 Å². The molecule has 0 unspecified atom stereocenters. The summed E-state index contributed by atoms with van der Waals surface area (Å²) in [5, 5.41) is 21.9. The standard InChI is InChI=1S/C29H19ClF6N4O3/c30-21-9-5-4-8-20(21)26(42)27-23(22(10-11-41)38-43-27)24-25(17-6-2-1-3-7-17)40(39-37-24)15-16-12-18(28(31,32)33)14-19(13-16)29(34,35)36/h1-9,12-14,41H,10-11,15H2. The minimum absolute atomic E-state index is 0.00863. The average Bonchev–Trinajstić information content (AvgIpc) is 3.56. The third-order valence-corrected chi connectivity index (χ3v) is 6.76. The summed E-state index contributed by atoms with van der Waals surface area (Å²) < 4.78 is 87.7. The Morgan fingerprint density at radius 1 is 0.907 bits per heavy atom. The smallest absolute Gasteiger partial charge is 0.396 e. The predicted octanol–water partition coefficient (Wildman–Crippen LogP) is 7.11. The molecule has 0 fully saturated rings. The largest absolute Gasteiger partial charge is 0.416 e. The van der Waals surface area contributed by atoms with E-state index in [2.05, 4.69) is 15.5 Å². The molecule has 5 aromatic rings. The molecule has 0 aliphatic heterocycles. The number of aromatic nitrogens is 4. The van der Waals surface area contributed by atoms with Crippen molar-refractivity contribution < 1.29 is 40.8 Å². The lowest BCUT2D eigenvalue weighted by Crippen LogP contribution is -2.13. The van der Waals surface area contributed by atoms with Gasteiger partial charge in [-0.1, -0.05) is 64.4 Å². The van der Waals surface area contributed by atoms with Gasteiger partial charge in [-0.25, -0.2) is 4.68 Å². The maximum Gasteiger partial charge on any atom is 0.416 e. The molecule has 0 bridgehead atoms. The van der Waals surface area contributed by atoms with Gasteiger partial charge >= 0.3 is 12.4 Å². The van der Waals surface area contributed by atoms with E-state index in [9.17, 15) is 36.2 Å². The van der Waals surface area contributed by atoms with Gasteiger partial charge in [-0.15, -0.1) is 5.10 Å². The first-order chi connectivity index (χ1) is 20.4. The van der Waals surface area contributed by atoms with Crippen LogP contribution in [0.2, 0.25) is 5.02 Å². The van der Waals surface area contributed by atoms with E-state index in [1.807, 2.05) is 0 Å². The molecule has 0 atom stereocenters. The van der Waals surface area contributed by atoms with Crippen LogP contribution in [0.4, 0.5) is 26.3 Å². The maximum absolute atomic E-state index is 13.5. The van der Waals surface area contributed by atoms with Crippen molar-refractivity contribution in [3.63, 3.8) is 0 Å². The Kier molecular flexibility index (Phi) is 8.12. The fourth-order valence-electron chi connectivity index (χ4n) is 4.52. The zero-order valence-corrected chi connectivity index (χ0v) is 22.5. The normalized spacial score (nSPS) is 12.1. The van der Waals surface area contributed by atoms with Crippen LogP contribution in [0.3, 0.4) is 0 Å². The van der Waals surface area contributed by atoms with Crippen molar-refractivity contribution in [1.29, 1.82) is 0 Å². The zero-order chi connectivity index (χ0) is 30.9. The number of carbonyl (C=O) groups is 1. The van der Waals surface area contributed by atoms with Crippen LogP contribution < -0.4 is 0 Å². The molecule has 0 aliphatic rings. The number of carbonyl (C=O) groups excluding carboxylic acids is 1. The van der Waals surface area contributed by atoms with Gasteiger partial charge < -0.3 is 9.63 Å². The molecule has 2 heterocycles. The Balaban J connectivity index is 1.71. The number of ketones is 1. The van der Waals surface area contributed by atoms with Gasteiger partial charge in [0, 0.05) is 24.2 Å². The second kappa shape index (κ2) is 11.7. The molecule has 5 rings (SSSR count). The highest BCUT2D eigenvalue weighted by Gasteiger charge is 2.37. The molecule has 7 nitrogen and oxygen atoms in total. The monoisotopic (exact) mass is 620 g/mol. The van der Waals surface area contributed by atoms with Gasteiger partial charge in [0.2, 0.25) is 11.5 Å². The Hall–Kier alpha value is -4.49. The van der Waals surface area contributed by atoms with E-state index in [0.29, 0.717) is 17.7 Å². The molecule has 43 heavy (non-hydrogen) atoms. The van der Waals surface area contributed by atoms with E-state index < -0.39 is 42.4 Å². The van der Waals surface area contributed by atoms with Crippen LogP contribution in [0.25, 0.3) is 22.5 Å². The number of benzene rings is 3. The highest BCUT2D eigenvalue weighted by atomic mass is 35.5. The fourth-order valence-corrected chi connectivity index (χ4v) is 4.75. The second-order valence-electron chi connectivity index (χ2n) is 9.34. The quantitative estimate of drug-likeness (QED) is 0.147. The highest BCUT2D eigenvalue weighted by Crippen LogP contribution is 2.39. The second-order valence-corrected chi connectivity index (χ2v) is 9.75. The number of hydrogen-bond acceptors (Lipinski definition) is 6. The Labute approximate surface area is 244 Å². The van der Waals surface area contributed by atoms with E-state index in [-0.39, 0.29) is 57.0 Å². The molecule has 222 valence electrons. The molecule has 1 N–H and O–H groups in total. The summed E-state index contributed by atoms with van der Waals surface area (Å²) in [6.45, 7) is -0.933. The van der Waals surface area contributed by atoms with Gasteiger partial charge in [-0.3, -0.25) is 4.79 Å². The molecule has 0 spiro atoms. The number of aliphatic hydroxyl groups is 1. The third-order valence-electron chi connectivity index (χ3n) is 6.44. The first-order valence-electron chi connectivity index (χ1n) is 12.5. The van der Waals surface area contributed by atoms with Gasteiger partial charge in [0.25, 0.3) is 0 Å². The minimum Gasteiger partial charge on any atom is -0.396 e.